The molecule has 0 radical (unpaired) electrons. The number of amides is 1. The minimum absolute atomic E-state index is 0.223. The first-order valence-electron chi connectivity index (χ1n) is 7.21. The highest BCUT2D eigenvalue weighted by Gasteiger charge is 2.07. The van der Waals surface area contributed by atoms with Crippen molar-refractivity contribution in [3.05, 3.63) is 53.0 Å². The van der Waals surface area contributed by atoms with E-state index >= 15 is 0 Å². The molecule has 1 heterocycles. The molecule has 122 valence electrons. The smallest absolute Gasteiger partial charge is 0.271 e. The molecule has 7 heteroatoms. The molecule has 0 aliphatic carbocycles. The Bertz CT molecular complexity index is 673. The lowest BCUT2D eigenvalue weighted by Gasteiger charge is -2.12. The predicted octanol–water partition coefficient (Wildman–Crippen LogP) is 1.65. The summed E-state index contributed by atoms with van der Waals surface area (Å²) < 4.78 is 14.0. The fourth-order valence-electron chi connectivity index (χ4n) is 2.04. The highest BCUT2D eigenvalue weighted by Crippen LogP contribution is 2.13. The van der Waals surface area contributed by atoms with Gasteiger partial charge >= 0.3 is 0 Å². The number of benzene rings is 1. The summed E-state index contributed by atoms with van der Waals surface area (Å²) in [5, 5.41) is 13.3. The molecular formula is C16H20FN5O. The molecule has 0 spiro atoms. The van der Waals surface area contributed by atoms with Gasteiger partial charge < -0.3 is 15.5 Å². The van der Waals surface area contributed by atoms with Crippen molar-refractivity contribution in [3.63, 3.8) is 0 Å². The first-order chi connectivity index (χ1) is 11.0. The zero-order chi connectivity index (χ0) is 16.8. The monoisotopic (exact) mass is 317 g/mol. The third-order valence-electron chi connectivity index (χ3n) is 3.20. The summed E-state index contributed by atoms with van der Waals surface area (Å²) >= 11 is 0. The minimum Gasteiger partial charge on any atom is -0.365 e. The van der Waals surface area contributed by atoms with Crippen LogP contribution in [-0.2, 0) is 13.1 Å². The van der Waals surface area contributed by atoms with Gasteiger partial charge in [-0.15, -0.1) is 10.2 Å². The van der Waals surface area contributed by atoms with Crippen LogP contribution in [0.4, 0.5) is 10.2 Å². The van der Waals surface area contributed by atoms with E-state index in [4.69, 9.17) is 0 Å². The molecule has 0 bridgehead atoms. The molecule has 1 aromatic heterocycles. The fourth-order valence-corrected chi connectivity index (χ4v) is 2.04. The molecule has 0 saturated carbocycles. The second kappa shape index (κ2) is 7.64. The zero-order valence-corrected chi connectivity index (χ0v) is 13.4. The van der Waals surface area contributed by atoms with Gasteiger partial charge in [-0.05, 0) is 37.9 Å². The van der Waals surface area contributed by atoms with Crippen molar-refractivity contribution in [2.24, 2.45) is 0 Å². The molecule has 23 heavy (non-hydrogen) atoms. The summed E-state index contributed by atoms with van der Waals surface area (Å²) in [5.41, 5.74) is 1.72. The Labute approximate surface area is 134 Å². The lowest BCUT2D eigenvalue weighted by Crippen LogP contribution is -2.19. The number of halogens is 1. The quantitative estimate of drug-likeness (QED) is 0.848. The Morgan fingerprint density at radius 1 is 1.22 bits per heavy atom. The fraction of sp³-hybridized carbons (Fsp3) is 0.312. The van der Waals surface area contributed by atoms with Crippen LogP contribution in [0.3, 0.4) is 0 Å². The zero-order valence-electron chi connectivity index (χ0n) is 13.4. The number of carbonyl (C=O) groups is 1. The Hall–Kier alpha value is -2.54. The Balaban J connectivity index is 1.98. The first-order valence-corrected chi connectivity index (χ1v) is 7.21. The first kappa shape index (κ1) is 16.8. The van der Waals surface area contributed by atoms with E-state index in [0.29, 0.717) is 24.5 Å². The largest absolute Gasteiger partial charge is 0.365 e. The third kappa shape index (κ3) is 4.72. The molecule has 0 atom stereocenters. The lowest BCUT2D eigenvalue weighted by atomic mass is 10.1. The molecule has 2 N–H and O–H groups in total. The SMILES string of the molecule is CNC(=O)c1ccc(NCc2ccc(CN(C)C)c(F)c2)nn1. The van der Waals surface area contributed by atoms with E-state index in [1.165, 1.54) is 13.1 Å². The van der Waals surface area contributed by atoms with Crippen molar-refractivity contribution >= 4 is 11.7 Å². The molecule has 0 aliphatic heterocycles. The van der Waals surface area contributed by atoms with E-state index in [1.807, 2.05) is 25.1 Å². The van der Waals surface area contributed by atoms with Crippen molar-refractivity contribution in [3.8, 4) is 0 Å². The van der Waals surface area contributed by atoms with E-state index < -0.39 is 0 Å². The predicted molar refractivity (Wildman–Crippen MR) is 86.5 cm³/mol. The molecule has 2 aromatic rings. The number of aromatic nitrogens is 2. The molecule has 1 amide bonds. The van der Waals surface area contributed by atoms with Gasteiger partial charge in [-0.1, -0.05) is 12.1 Å². The molecule has 0 unspecified atom stereocenters. The maximum atomic E-state index is 14.0. The summed E-state index contributed by atoms with van der Waals surface area (Å²) in [6.45, 7) is 0.985. The number of hydrogen-bond acceptors (Lipinski definition) is 5. The van der Waals surface area contributed by atoms with Crippen molar-refractivity contribution < 1.29 is 9.18 Å². The van der Waals surface area contributed by atoms with E-state index in [2.05, 4.69) is 20.8 Å². The number of anilines is 1. The maximum Gasteiger partial charge on any atom is 0.271 e. The minimum atomic E-state index is -0.289. The van der Waals surface area contributed by atoms with Gasteiger partial charge in [-0.3, -0.25) is 4.79 Å². The van der Waals surface area contributed by atoms with Gasteiger partial charge in [0.1, 0.15) is 11.6 Å². The second-order valence-electron chi connectivity index (χ2n) is 5.40. The lowest BCUT2D eigenvalue weighted by molar-refractivity contribution is 0.0957. The van der Waals surface area contributed by atoms with Gasteiger partial charge in [0.2, 0.25) is 0 Å². The van der Waals surface area contributed by atoms with E-state index in [-0.39, 0.29) is 17.4 Å². The van der Waals surface area contributed by atoms with Crippen molar-refractivity contribution in [1.82, 2.24) is 20.4 Å². The maximum absolute atomic E-state index is 14.0. The van der Waals surface area contributed by atoms with Crippen LogP contribution >= 0.6 is 0 Å². The Morgan fingerprint density at radius 3 is 2.57 bits per heavy atom. The summed E-state index contributed by atoms with van der Waals surface area (Å²) in [6.07, 6.45) is 0. The Morgan fingerprint density at radius 2 is 2.00 bits per heavy atom. The van der Waals surface area contributed by atoms with Crippen molar-refractivity contribution in [2.45, 2.75) is 13.1 Å². The average molecular weight is 317 g/mol. The second-order valence-corrected chi connectivity index (χ2v) is 5.40. The highest BCUT2D eigenvalue weighted by atomic mass is 19.1. The average Bonchev–Trinajstić information content (AvgIpc) is 2.54. The molecule has 2 rings (SSSR count). The number of hydrogen-bond donors (Lipinski definition) is 2. The summed E-state index contributed by atoms with van der Waals surface area (Å²) in [6, 6.07) is 8.41. The highest BCUT2D eigenvalue weighted by molar-refractivity contribution is 5.91. The Kier molecular flexibility index (Phi) is 5.59. The standard InChI is InChI=1S/C16H20FN5O/c1-18-16(23)14-6-7-15(21-20-14)19-9-11-4-5-12(10-22(2)3)13(17)8-11/h4-8H,9-10H2,1-3H3,(H,18,23)(H,19,21). The number of rotatable bonds is 6. The third-order valence-corrected chi connectivity index (χ3v) is 3.20. The van der Waals surface area contributed by atoms with Crippen molar-refractivity contribution in [1.29, 1.82) is 0 Å². The summed E-state index contributed by atoms with van der Waals surface area (Å²) in [7, 11) is 5.33. The number of nitrogens with zero attached hydrogens (tertiary/aromatic N) is 3. The van der Waals surface area contributed by atoms with Gasteiger partial charge in [-0.25, -0.2) is 4.39 Å². The summed E-state index contributed by atoms with van der Waals surface area (Å²) in [4.78, 5) is 13.3. The van der Waals surface area contributed by atoms with E-state index in [9.17, 15) is 9.18 Å². The van der Waals surface area contributed by atoms with Crippen LogP contribution < -0.4 is 10.6 Å². The number of carbonyl (C=O) groups excluding carboxylic acids is 1. The summed E-state index contributed by atoms with van der Waals surface area (Å²) in [5.74, 6) is 0.0112. The van der Waals surface area contributed by atoms with Crippen LogP contribution in [0.15, 0.2) is 30.3 Å². The molecule has 0 aliphatic rings. The van der Waals surface area contributed by atoms with Crippen LogP contribution in [0.2, 0.25) is 0 Å². The molecule has 1 aromatic carbocycles. The normalized spacial score (nSPS) is 10.7. The van der Waals surface area contributed by atoms with Crippen LogP contribution in [-0.4, -0.2) is 42.1 Å². The van der Waals surface area contributed by atoms with Gasteiger partial charge in [0, 0.05) is 25.7 Å². The number of nitrogens with one attached hydrogen (secondary N) is 2. The van der Waals surface area contributed by atoms with Gasteiger partial charge in [0.15, 0.2) is 5.69 Å². The van der Waals surface area contributed by atoms with Gasteiger partial charge in [-0.2, -0.15) is 0 Å². The molecule has 6 nitrogen and oxygen atoms in total. The molecule has 0 fully saturated rings. The van der Waals surface area contributed by atoms with Crippen molar-refractivity contribution in [2.75, 3.05) is 26.5 Å². The van der Waals surface area contributed by atoms with Gasteiger partial charge in [0.25, 0.3) is 5.91 Å². The van der Waals surface area contributed by atoms with Crippen LogP contribution in [0.25, 0.3) is 0 Å². The van der Waals surface area contributed by atoms with E-state index in [1.54, 1.807) is 18.2 Å². The molecular weight excluding hydrogens is 297 g/mol. The van der Waals surface area contributed by atoms with Crippen LogP contribution in [0, 0.1) is 5.82 Å². The topological polar surface area (TPSA) is 70.2 Å². The van der Waals surface area contributed by atoms with E-state index in [0.717, 1.165) is 5.56 Å². The molecule has 0 saturated heterocycles. The van der Waals surface area contributed by atoms with Crippen LogP contribution in [0.1, 0.15) is 21.6 Å². The van der Waals surface area contributed by atoms with Crippen LogP contribution in [0.5, 0.6) is 0 Å². The van der Waals surface area contributed by atoms with Gasteiger partial charge in [0.05, 0.1) is 0 Å².